The third-order valence-electron chi connectivity index (χ3n) is 3.55. The van der Waals surface area contributed by atoms with E-state index < -0.39 is 0 Å². The second kappa shape index (κ2) is 6.69. The minimum atomic E-state index is 1.06. The highest BCUT2D eigenvalue weighted by atomic mass is 79.9. The molecular weight excluding hydrogens is 362 g/mol. The van der Waals surface area contributed by atoms with E-state index in [0.717, 1.165) is 18.7 Å². The Morgan fingerprint density at radius 3 is 2.86 bits per heavy atom. The number of halogens is 1. The lowest BCUT2D eigenvalue weighted by molar-refractivity contribution is 0.417. The van der Waals surface area contributed by atoms with Crippen molar-refractivity contribution in [2.75, 3.05) is 20.6 Å². The van der Waals surface area contributed by atoms with Gasteiger partial charge in [-0.1, -0.05) is 30.3 Å². The second-order valence-corrected chi connectivity index (χ2v) is 9.08. The van der Waals surface area contributed by atoms with E-state index in [1.54, 1.807) is 0 Å². The van der Waals surface area contributed by atoms with E-state index in [9.17, 15) is 0 Å². The van der Waals surface area contributed by atoms with Crippen molar-refractivity contribution in [3.05, 3.63) is 56.9 Å². The largest absolute Gasteiger partial charge is 0.309 e. The number of nitrogens with zero attached hydrogens (tertiary/aromatic N) is 1. The van der Waals surface area contributed by atoms with E-state index in [0.29, 0.717) is 0 Å². The Bertz CT molecular complexity index is 673. The first kappa shape index (κ1) is 15.3. The van der Waals surface area contributed by atoms with E-state index in [1.807, 2.05) is 23.1 Å². The molecule has 1 aliphatic heterocycles. The lowest BCUT2D eigenvalue weighted by Crippen LogP contribution is -2.12. The van der Waals surface area contributed by atoms with Crippen LogP contribution in [0.4, 0.5) is 0 Å². The number of hydrogen-bond donors (Lipinski definition) is 0. The van der Waals surface area contributed by atoms with Crippen LogP contribution in [-0.2, 0) is 5.75 Å². The topological polar surface area (TPSA) is 3.24 Å². The van der Waals surface area contributed by atoms with Crippen molar-refractivity contribution < 1.29 is 0 Å². The molecule has 3 rings (SSSR count). The summed E-state index contributed by atoms with van der Waals surface area (Å²) in [6, 6.07) is 11.1. The molecular formula is C17H18BrNS2. The molecule has 0 radical (unpaired) electrons. The van der Waals surface area contributed by atoms with Crippen LogP contribution in [0.3, 0.4) is 0 Å². The van der Waals surface area contributed by atoms with Crippen LogP contribution in [0.5, 0.6) is 0 Å². The molecule has 0 spiro atoms. The molecule has 0 saturated heterocycles. The summed E-state index contributed by atoms with van der Waals surface area (Å²) in [6.07, 6.45) is 3.48. The van der Waals surface area contributed by atoms with Gasteiger partial charge in [0.1, 0.15) is 0 Å². The molecule has 0 unspecified atom stereocenters. The fourth-order valence-corrected chi connectivity index (χ4v) is 5.74. The summed E-state index contributed by atoms with van der Waals surface area (Å²) < 4.78 is 2.65. The van der Waals surface area contributed by atoms with E-state index in [1.165, 1.54) is 30.3 Å². The maximum atomic E-state index is 3.65. The molecule has 0 N–H and O–H groups in total. The van der Waals surface area contributed by atoms with Crippen LogP contribution in [0.2, 0.25) is 0 Å². The molecule has 0 fully saturated rings. The van der Waals surface area contributed by atoms with Gasteiger partial charge in [0.15, 0.2) is 0 Å². The normalized spacial score (nSPS) is 15.9. The zero-order chi connectivity index (χ0) is 14.8. The minimum absolute atomic E-state index is 1.06. The van der Waals surface area contributed by atoms with Crippen molar-refractivity contribution in [1.82, 2.24) is 4.90 Å². The first-order valence-corrected chi connectivity index (χ1v) is 9.60. The fourth-order valence-electron chi connectivity index (χ4n) is 2.52. The minimum Gasteiger partial charge on any atom is -0.309 e. The van der Waals surface area contributed by atoms with Gasteiger partial charge in [0.2, 0.25) is 0 Å². The maximum Gasteiger partial charge on any atom is 0.0716 e. The predicted octanol–water partition coefficient (Wildman–Crippen LogP) is 5.50. The lowest BCUT2D eigenvalue weighted by Gasteiger charge is -2.11. The maximum absolute atomic E-state index is 3.65. The monoisotopic (exact) mass is 379 g/mol. The molecule has 21 heavy (non-hydrogen) atoms. The molecule has 1 aliphatic rings. The summed E-state index contributed by atoms with van der Waals surface area (Å²) in [6.45, 7) is 1.08. The number of hydrogen-bond acceptors (Lipinski definition) is 3. The van der Waals surface area contributed by atoms with Gasteiger partial charge in [0.05, 0.1) is 8.00 Å². The van der Waals surface area contributed by atoms with Crippen LogP contribution in [0.15, 0.2) is 44.4 Å². The van der Waals surface area contributed by atoms with Crippen molar-refractivity contribution in [3.8, 4) is 0 Å². The molecule has 1 nitrogen and oxygen atoms in total. The summed E-state index contributed by atoms with van der Waals surface area (Å²) in [4.78, 5) is 2.23. The number of benzene rings is 1. The Kier molecular flexibility index (Phi) is 4.89. The number of thiophene rings is 1. The zero-order valence-corrected chi connectivity index (χ0v) is 15.4. The Hall–Kier alpha value is -0.550. The molecule has 110 valence electrons. The molecule has 4 heteroatoms. The van der Waals surface area contributed by atoms with Gasteiger partial charge in [-0.2, -0.15) is 0 Å². The lowest BCUT2D eigenvalue weighted by atomic mass is 9.95. The van der Waals surface area contributed by atoms with Crippen molar-refractivity contribution in [2.45, 2.75) is 16.4 Å². The predicted molar refractivity (Wildman–Crippen MR) is 98.3 cm³/mol. The third kappa shape index (κ3) is 3.45. The molecule has 0 saturated carbocycles. The van der Waals surface area contributed by atoms with Crippen molar-refractivity contribution in [1.29, 1.82) is 0 Å². The molecule has 1 aromatic carbocycles. The van der Waals surface area contributed by atoms with Gasteiger partial charge in [-0.15, -0.1) is 23.1 Å². The first-order chi connectivity index (χ1) is 10.1. The molecule has 0 amide bonds. The van der Waals surface area contributed by atoms with Gasteiger partial charge >= 0.3 is 0 Å². The van der Waals surface area contributed by atoms with E-state index in [-0.39, 0.29) is 0 Å². The van der Waals surface area contributed by atoms with Gasteiger partial charge in [0, 0.05) is 17.9 Å². The Balaban J connectivity index is 2.06. The summed E-state index contributed by atoms with van der Waals surface area (Å²) in [7, 11) is 4.25. The zero-order valence-electron chi connectivity index (χ0n) is 12.2. The van der Waals surface area contributed by atoms with Crippen LogP contribution < -0.4 is 0 Å². The van der Waals surface area contributed by atoms with Gasteiger partial charge in [-0.05, 0) is 59.2 Å². The van der Waals surface area contributed by atoms with Gasteiger partial charge in [-0.25, -0.2) is 0 Å². The highest BCUT2D eigenvalue weighted by molar-refractivity contribution is 9.11. The summed E-state index contributed by atoms with van der Waals surface area (Å²) in [5.74, 6) is 1.06. The third-order valence-corrected chi connectivity index (χ3v) is 6.52. The second-order valence-electron chi connectivity index (χ2n) is 5.41. The van der Waals surface area contributed by atoms with Crippen molar-refractivity contribution in [2.24, 2.45) is 0 Å². The van der Waals surface area contributed by atoms with Gasteiger partial charge < -0.3 is 4.90 Å². The Labute approximate surface area is 143 Å². The van der Waals surface area contributed by atoms with E-state index in [4.69, 9.17) is 0 Å². The molecule has 0 aliphatic carbocycles. The fraction of sp³-hybridized carbons (Fsp3) is 0.294. The van der Waals surface area contributed by atoms with E-state index >= 15 is 0 Å². The Morgan fingerprint density at radius 2 is 2.05 bits per heavy atom. The van der Waals surface area contributed by atoms with Gasteiger partial charge in [-0.3, -0.25) is 0 Å². The Morgan fingerprint density at radius 1 is 1.24 bits per heavy atom. The van der Waals surface area contributed by atoms with Crippen LogP contribution in [0, 0.1) is 0 Å². The molecule has 0 atom stereocenters. The van der Waals surface area contributed by atoms with Crippen LogP contribution in [0.1, 0.15) is 23.1 Å². The quantitative estimate of drug-likeness (QED) is 0.692. The van der Waals surface area contributed by atoms with Crippen LogP contribution >= 0.6 is 39.0 Å². The number of fused-ring (bicyclic) bond motifs is 2. The van der Waals surface area contributed by atoms with Crippen molar-refractivity contribution in [3.63, 3.8) is 0 Å². The van der Waals surface area contributed by atoms with E-state index in [2.05, 4.69) is 71.3 Å². The van der Waals surface area contributed by atoms with Gasteiger partial charge in [0.25, 0.3) is 0 Å². The molecule has 2 aromatic rings. The van der Waals surface area contributed by atoms with Crippen LogP contribution in [0.25, 0.3) is 5.57 Å². The average Bonchev–Trinajstić information content (AvgIpc) is 2.76. The summed E-state index contributed by atoms with van der Waals surface area (Å²) >= 11 is 7.45. The first-order valence-electron chi connectivity index (χ1n) is 7.01. The number of rotatable bonds is 3. The highest BCUT2D eigenvalue weighted by Gasteiger charge is 2.20. The van der Waals surface area contributed by atoms with Crippen molar-refractivity contribution >= 4 is 44.6 Å². The average molecular weight is 380 g/mol. The summed E-state index contributed by atoms with van der Waals surface area (Å²) in [5, 5.41) is 0. The standard InChI is InChI=1S/C17H18BrNS2/c1-19(2)9-5-8-14-13-7-4-3-6-12(13)11-20-17-15(14)10-16(18)21-17/h3-4,6-8,10H,5,9,11H2,1-2H3. The SMILES string of the molecule is CN(C)CCC=C1c2ccccc2CSc2sc(Br)cc21. The molecule has 0 bridgehead atoms. The number of thioether (sulfide) groups is 1. The molecule has 1 aromatic heterocycles. The van der Waals surface area contributed by atoms with Crippen LogP contribution in [-0.4, -0.2) is 25.5 Å². The summed E-state index contributed by atoms with van der Waals surface area (Å²) in [5.41, 5.74) is 5.63. The highest BCUT2D eigenvalue weighted by Crippen LogP contribution is 2.45. The smallest absolute Gasteiger partial charge is 0.0716 e. The molecule has 2 heterocycles.